The molecule has 4 heterocycles. The Hall–Kier alpha value is -2.84. The highest BCUT2D eigenvalue weighted by molar-refractivity contribution is 6.14. The lowest BCUT2D eigenvalue weighted by Gasteiger charge is -2.34. The number of hydrogen-bond donors (Lipinski definition) is 1. The number of hydrogen-bond acceptors (Lipinski definition) is 7. The van der Waals surface area contributed by atoms with Crippen LogP contribution in [0.3, 0.4) is 0 Å². The number of cyclic esters (lactones) is 1. The minimum atomic E-state index is -1.83. The van der Waals surface area contributed by atoms with Gasteiger partial charge in [0.1, 0.15) is 6.61 Å². The lowest BCUT2D eigenvalue weighted by atomic mass is 9.76. The van der Waals surface area contributed by atoms with E-state index in [1.54, 1.807) is 23.6 Å². The normalized spacial score (nSPS) is 30.8. The molecule has 4 aliphatic rings. The second-order valence-electron chi connectivity index (χ2n) is 8.97. The number of ether oxygens (including phenoxy) is 1. The zero-order valence-electron chi connectivity index (χ0n) is 17.8. The van der Waals surface area contributed by atoms with E-state index in [4.69, 9.17) is 9.73 Å². The molecule has 3 aliphatic heterocycles. The van der Waals surface area contributed by atoms with E-state index in [0.29, 0.717) is 35.6 Å². The SMILES string of the molecule is CC[C@@]1(O)C(=O)OCc2c1cc1n(c2=O)CC2=CC3C(C=CC(=O)C3CN(C)C)N=C21. The lowest BCUT2D eigenvalue weighted by molar-refractivity contribution is -0.172. The molecule has 0 radical (unpaired) electrons. The van der Waals surface area contributed by atoms with Gasteiger partial charge in [-0.15, -0.1) is 0 Å². The molecule has 162 valence electrons. The first-order valence-electron chi connectivity index (χ1n) is 10.6. The maximum Gasteiger partial charge on any atom is 0.343 e. The zero-order chi connectivity index (χ0) is 22.1. The van der Waals surface area contributed by atoms with Crippen LogP contribution in [0.5, 0.6) is 0 Å². The monoisotopic (exact) mass is 423 g/mol. The first kappa shape index (κ1) is 20.1. The van der Waals surface area contributed by atoms with Crippen molar-refractivity contribution < 1.29 is 19.4 Å². The molecular weight excluding hydrogens is 398 g/mol. The van der Waals surface area contributed by atoms with Gasteiger partial charge in [-0.1, -0.05) is 19.1 Å². The molecule has 4 atom stereocenters. The molecule has 31 heavy (non-hydrogen) atoms. The van der Waals surface area contributed by atoms with Gasteiger partial charge in [-0.05, 0) is 38.2 Å². The van der Waals surface area contributed by atoms with Gasteiger partial charge in [0.2, 0.25) is 0 Å². The van der Waals surface area contributed by atoms with E-state index in [9.17, 15) is 19.5 Å². The Kier molecular flexibility index (Phi) is 4.43. The molecule has 3 unspecified atom stereocenters. The van der Waals surface area contributed by atoms with Gasteiger partial charge in [-0.25, -0.2) is 4.79 Å². The number of carbonyl (C=O) groups excluding carboxylic acids is 2. The molecule has 0 saturated carbocycles. The van der Waals surface area contributed by atoms with E-state index in [-0.39, 0.29) is 42.2 Å². The minimum Gasteiger partial charge on any atom is -0.458 e. The molecule has 0 aromatic carbocycles. The van der Waals surface area contributed by atoms with Gasteiger partial charge < -0.3 is 19.3 Å². The number of aliphatic imine (C=N–C) groups is 1. The van der Waals surface area contributed by atoms with Crippen molar-refractivity contribution in [1.29, 1.82) is 0 Å². The van der Waals surface area contributed by atoms with Crippen molar-refractivity contribution >= 4 is 17.5 Å². The molecule has 8 heteroatoms. The second-order valence-corrected chi connectivity index (χ2v) is 8.97. The number of esters is 1. The Labute approximate surface area is 179 Å². The number of pyridine rings is 1. The summed E-state index contributed by atoms with van der Waals surface area (Å²) in [5.74, 6) is -0.882. The summed E-state index contributed by atoms with van der Waals surface area (Å²) < 4.78 is 6.74. The third-order valence-corrected chi connectivity index (χ3v) is 6.83. The largest absolute Gasteiger partial charge is 0.458 e. The van der Waals surface area contributed by atoms with Crippen molar-refractivity contribution in [2.24, 2.45) is 16.8 Å². The highest BCUT2D eigenvalue weighted by Crippen LogP contribution is 2.38. The lowest BCUT2D eigenvalue weighted by Crippen LogP contribution is -2.44. The first-order chi connectivity index (χ1) is 14.7. The Morgan fingerprint density at radius 3 is 2.81 bits per heavy atom. The molecule has 0 saturated heterocycles. The van der Waals surface area contributed by atoms with Crippen molar-refractivity contribution in [2.75, 3.05) is 20.6 Å². The molecule has 5 rings (SSSR count). The summed E-state index contributed by atoms with van der Waals surface area (Å²) in [7, 11) is 3.89. The van der Waals surface area contributed by atoms with Gasteiger partial charge in [-0.3, -0.25) is 14.6 Å². The Balaban J connectivity index is 1.63. The van der Waals surface area contributed by atoms with Crippen molar-refractivity contribution in [1.82, 2.24) is 9.47 Å². The van der Waals surface area contributed by atoms with Gasteiger partial charge in [0, 0.05) is 23.9 Å². The highest BCUT2D eigenvalue weighted by atomic mass is 16.6. The Bertz CT molecular complexity index is 1160. The molecule has 0 spiro atoms. The van der Waals surface area contributed by atoms with E-state index >= 15 is 0 Å². The van der Waals surface area contributed by atoms with Crippen molar-refractivity contribution in [3.05, 3.63) is 57.0 Å². The fourth-order valence-electron chi connectivity index (χ4n) is 5.15. The van der Waals surface area contributed by atoms with Crippen LogP contribution in [0.25, 0.3) is 0 Å². The third-order valence-electron chi connectivity index (χ3n) is 6.83. The quantitative estimate of drug-likeness (QED) is 0.713. The molecule has 0 amide bonds. The molecular formula is C23H25N3O5. The topological polar surface area (TPSA) is 101 Å². The molecule has 1 aromatic rings. The smallest absolute Gasteiger partial charge is 0.343 e. The molecule has 1 aromatic heterocycles. The molecule has 1 aliphatic carbocycles. The predicted octanol–water partition coefficient (Wildman–Crippen LogP) is 0.547. The van der Waals surface area contributed by atoms with Gasteiger partial charge in [0.15, 0.2) is 11.4 Å². The number of dihydropyridines is 1. The third kappa shape index (κ3) is 2.81. The highest BCUT2D eigenvalue weighted by Gasteiger charge is 2.46. The number of nitrogens with zero attached hydrogens (tertiary/aromatic N) is 3. The first-order valence-corrected chi connectivity index (χ1v) is 10.6. The number of fused-ring (bicyclic) bond motifs is 5. The maximum absolute atomic E-state index is 13.2. The number of aliphatic hydroxyl groups is 1. The molecule has 0 bridgehead atoms. The summed E-state index contributed by atoms with van der Waals surface area (Å²) in [6, 6.07) is 1.53. The van der Waals surface area contributed by atoms with Crippen LogP contribution in [0.4, 0.5) is 0 Å². The fraction of sp³-hybridized carbons (Fsp3) is 0.478. The predicted molar refractivity (Wildman–Crippen MR) is 113 cm³/mol. The van der Waals surface area contributed by atoms with Crippen molar-refractivity contribution in [2.45, 2.75) is 38.1 Å². The molecule has 0 fully saturated rings. The average Bonchev–Trinajstić information content (AvgIpc) is 3.10. The summed E-state index contributed by atoms with van der Waals surface area (Å²) in [5.41, 5.74) is 0.717. The second kappa shape index (κ2) is 6.83. The minimum absolute atomic E-state index is 0.0595. The number of carbonyl (C=O) groups is 2. The van der Waals surface area contributed by atoms with Crippen molar-refractivity contribution in [3.8, 4) is 0 Å². The Morgan fingerprint density at radius 1 is 1.32 bits per heavy atom. The van der Waals surface area contributed by atoms with Crippen LogP contribution >= 0.6 is 0 Å². The van der Waals surface area contributed by atoms with E-state index in [2.05, 4.69) is 6.08 Å². The number of rotatable bonds is 3. The van der Waals surface area contributed by atoms with Gasteiger partial charge >= 0.3 is 5.97 Å². The van der Waals surface area contributed by atoms with E-state index < -0.39 is 11.6 Å². The maximum atomic E-state index is 13.2. The number of aromatic nitrogens is 1. The van der Waals surface area contributed by atoms with Gasteiger partial charge in [0.25, 0.3) is 5.56 Å². The summed E-state index contributed by atoms with van der Waals surface area (Å²) >= 11 is 0. The summed E-state index contributed by atoms with van der Waals surface area (Å²) in [4.78, 5) is 45.0. The van der Waals surface area contributed by atoms with Crippen LogP contribution in [0.1, 0.15) is 30.2 Å². The van der Waals surface area contributed by atoms with Crippen LogP contribution in [-0.4, -0.2) is 58.7 Å². The summed E-state index contributed by atoms with van der Waals surface area (Å²) in [5, 5.41) is 11.0. The van der Waals surface area contributed by atoms with Gasteiger partial charge in [-0.2, -0.15) is 0 Å². The number of allylic oxidation sites excluding steroid dienone is 2. The van der Waals surface area contributed by atoms with Gasteiger partial charge in [0.05, 0.1) is 29.6 Å². The van der Waals surface area contributed by atoms with Crippen molar-refractivity contribution in [3.63, 3.8) is 0 Å². The van der Waals surface area contributed by atoms with E-state index in [1.807, 2.05) is 25.1 Å². The van der Waals surface area contributed by atoms with Crippen LogP contribution in [0, 0.1) is 11.8 Å². The summed E-state index contributed by atoms with van der Waals surface area (Å²) in [6.45, 7) is 2.52. The van der Waals surface area contributed by atoms with E-state index in [0.717, 1.165) is 5.57 Å². The van der Waals surface area contributed by atoms with Crippen LogP contribution < -0.4 is 5.56 Å². The van der Waals surface area contributed by atoms with Crippen LogP contribution in [0.15, 0.2) is 39.7 Å². The van der Waals surface area contributed by atoms with Crippen LogP contribution in [-0.2, 0) is 33.1 Å². The van der Waals surface area contributed by atoms with Crippen LogP contribution in [0.2, 0.25) is 0 Å². The standard InChI is InChI=1S/C23H25N3O5/c1-4-23(30)16-8-18-20-12(9-26(18)21(28)15(16)11-31-22(23)29)7-13-14(10-25(2)3)19(27)6-5-17(13)24-20/h5-8,13-14,17,30H,4,9-11H2,1-3H3/t13?,14?,17?,23-/m0/s1. The molecule has 8 nitrogen and oxygen atoms in total. The van der Waals surface area contributed by atoms with E-state index in [1.165, 1.54) is 0 Å². The average molecular weight is 423 g/mol. The Morgan fingerprint density at radius 2 is 2.10 bits per heavy atom. The fourth-order valence-corrected chi connectivity index (χ4v) is 5.15. The molecule has 1 N–H and O–H groups in total. The zero-order valence-corrected chi connectivity index (χ0v) is 17.8. The summed E-state index contributed by atoms with van der Waals surface area (Å²) in [6.07, 6.45) is 5.64. The number of ketones is 1.